The van der Waals surface area contributed by atoms with Crippen molar-refractivity contribution in [2.24, 2.45) is 17.8 Å². The number of Topliss-reactive ketones (excluding diaryl/α,β-unsaturated/α-hetero) is 2. The first kappa shape index (κ1) is 31.8. The fourth-order valence-electron chi connectivity index (χ4n) is 8.30. The van der Waals surface area contributed by atoms with Crippen LogP contribution in [0.15, 0.2) is 72.8 Å². The van der Waals surface area contributed by atoms with Crippen molar-refractivity contribution in [3.63, 3.8) is 0 Å². The quantitative estimate of drug-likeness (QED) is 0.168. The van der Waals surface area contributed by atoms with Crippen LogP contribution < -0.4 is 0 Å². The number of rotatable bonds is 11. The van der Waals surface area contributed by atoms with E-state index in [9.17, 15) is 14.7 Å². The van der Waals surface area contributed by atoms with Crippen molar-refractivity contribution in [2.75, 3.05) is 26.2 Å². The first-order valence-electron chi connectivity index (χ1n) is 18.3. The van der Waals surface area contributed by atoms with E-state index in [2.05, 4.69) is 40.1 Å². The molecule has 2 aliphatic heterocycles. The zero-order chi connectivity index (χ0) is 32.6. The van der Waals surface area contributed by atoms with Gasteiger partial charge in [-0.15, -0.1) is 0 Å². The molecule has 8 rings (SSSR count). The molecule has 2 heterocycles. The molecule has 4 aromatic rings. The molecular weight excluding hydrogens is 596 g/mol. The number of hydrogen-bond acceptors (Lipinski definition) is 6. The van der Waals surface area contributed by atoms with Crippen LogP contribution in [0.25, 0.3) is 21.5 Å². The lowest BCUT2D eigenvalue weighted by Gasteiger charge is -2.42. The minimum absolute atomic E-state index is 0.00819. The highest BCUT2D eigenvalue weighted by Gasteiger charge is 2.36. The van der Waals surface area contributed by atoms with Gasteiger partial charge in [-0.3, -0.25) is 19.4 Å². The van der Waals surface area contributed by atoms with Crippen molar-refractivity contribution >= 4 is 33.1 Å². The molecule has 0 aromatic heterocycles. The van der Waals surface area contributed by atoms with Gasteiger partial charge in [-0.2, -0.15) is 0 Å². The highest BCUT2D eigenvalue weighted by Crippen LogP contribution is 2.35. The average molecular weight is 645 g/mol. The zero-order valence-corrected chi connectivity index (χ0v) is 28.0. The Morgan fingerprint density at radius 2 is 1.29 bits per heavy atom. The number of piperidine rings is 2. The molecule has 0 bridgehead atoms. The van der Waals surface area contributed by atoms with Gasteiger partial charge in [0.2, 0.25) is 0 Å². The lowest BCUT2D eigenvalue weighted by atomic mass is 9.85. The number of nitrogens with zero attached hydrogens (tertiary/aromatic N) is 2. The summed E-state index contributed by atoms with van der Waals surface area (Å²) in [5, 5.41) is 13.8. The molecule has 2 saturated carbocycles. The molecule has 4 aliphatic rings. The van der Waals surface area contributed by atoms with E-state index < -0.39 is 0 Å². The maximum atomic E-state index is 13.7. The van der Waals surface area contributed by atoms with Gasteiger partial charge in [0.15, 0.2) is 11.6 Å². The number of fused-ring (bicyclic) bond motifs is 2. The van der Waals surface area contributed by atoms with Crippen molar-refractivity contribution in [2.45, 2.75) is 83.3 Å². The third kappa shape index (κ3) is 6.86. The van der Waals surface area contributed by atoms with Crippen LogP contribution in [0.4, 0.5) is 0 Å². The van der Waals surface area contributed by atoms with Gasteiger partial charge < -0.3 is 9.84 Å². The minimum atomic E-state index is -0.0368. The van der Waals surface area contributed by atoms with E-state index in [1.165, 1.54) is 32.1 Å². The molecule has 3 unspecified atom stereocenters. The van der Waals surface area contributed by atoms with E-state index >= 15 is 0 Å². The van der Waals surface area contributed by atoms with Gasteiger partial charge >= 0.3 is 0 Å². The molecular formula is C42H48N2O4. The average Bonchev–Trinajstić information content (AvgIpc) is 3.93. The molecule has 6 nitrogen and oxygen atoms in total. The predicted octanol–water partition coefficient (Wildman–Crippen LogP) is 7.78. The van der Waals surface area contributed by atoms with E-state index in [0.717, 1.165) is 95.7 Å². The van der Waals surface area contributed by atoms with Crippen LogP contribution in [-0.2, 0) is 18.0 Å². The summed E-state index contributed by atoms with van der Waals surface area (Å²) >= 11 is 0. The van der Waals surface area contributed by atoms with Crippen LogP contribution in [0, 0.1) is 17.8 Å². The summed E-state index contributed by atoms with van der Waals surface area (Å²) in [4.78, 5) is 32.2. The van der Waals surface area contributed by atoms with E-state index in [4.69, 9.17) is 4.74 Å². The lowest BCUT2D eigenvalue weighted by molar-refractivity contribution is -0.0974. The predicted molar refractivity (Wildman–Crippen MR) is 190 cm³/mol. The van der Waals surface area contributed by atoms with Crippen LogP contribution in [0.1, 0.15) is 89.6 Å². The standard InChI is InChI=1S/C42H48N2O4/c45-26-29-8-10-33-21-36(14-12-31(33)19-29)42(47)38-16-17-40(44(25-38)23-28-6-7-28)48-27-30-9-11-34-22-35(15-13-32(34)20-30)41(46)37-3-2-18-43(24-37)39-4-1-5-39/h8-15,19-22,28,37-40,45H,1-7,16-18,23-27H2. The van der Waals surface area contributed by atoms with Gasteiger partial charge in [-0.1, -0.05) is 55.0 Å². The van der Waals surface area contributed by atoms with Crippen molar-refractivity contribution in [3.8, 4) is 0 Å². The maximum absolute atomic E-state index is 13.7. The molecule has 6 heteroatoms. The lowest BCUT2D eigenvalue weighted by Crippen LogP contribution is -2.47. The van der Waals surface area contributed by atoms with E-state index in [1.807, 2.05) is 42.5 Å². The summed E-state index contributed by atoms with van der Waals surface area (Å²) < 4.78 is 6.59. The zero-order valence-electron chi connectivity index (χ0n) is 28.0. The number of hydrogen-bond donors (Lipinski definition) is 1. The highest BCUT2D eigenvalue weighted by molar-refractivity contribution is 6.02. The van der Waals surface area contributed by atoms with Crippen molar-refractivity contribution < 1.29 is 19.4 Å². The fraction of sp³-hybridized carbons (Fsp3) is 0.476. The van der Waals surface area contributed by atoms with Crippen molar-refractivity contribution in [1.29, 1.82) is 0 Å². The van der Waals surface area contributed by atoms with Gasteiger partial charge in [0.1, 0.15) is 6.23 Å². The summed E-state index contributed by atoms with van der Waals surface area (Å²) in [6, 6.07) is 25.2. The highest BCUT2D eigenvalue weighted by atomic mass is 16.5. The Morgan fingerprint density at radius 3 is 1.94 bits per heavy atom. The number of ketones is 2. The first-order chi connectivity index (χ1) is 23.5. The topological polar surface area (TPSA) is 70.1 Å². The van der Waals surface area contributed by atoms with Crippen molar-refractivity contribution in [1.82, 2.24) is 9.80 Å². The van der Waals surface area contributed by atoms with Crippen LogP contribution in [0.2, 0.25) is 0 Å². The van der Waals surface area contributed by atoms with Gasteiger partial charge in [0.05, 0.1) is 13.2 Å². The maximum Gasteiger partial charge on any atom is 0.167 e. The van der Waals surface area contributed by atoms with Crippen LogP contribution in [0.5, 0.6) is 0 Å². The SMILES string of the molecule is O=C(c1ccc2cc(COC3CCC(C(=O)c4ccc5cc(CO)ccc5c4)CN3CC3CC3)ccc2c1)C1CCCN(C2CCC2)C1. The second-order valence-electron chi connectivity index (χ2n) is 15.0. The van der Waals surface area contributed by atoms with E-state index in [1.54, 1.807) is 0 Å². The molecule has 0 spiro atoms. The molecule has 2 aliphatic carbocycles. The van der Waals surface area contributed by atoms with Crippen molar-refractivity contribution in [3.05, 3.63) is 95.1 Å². The largest absolute Gasteiger partial charge is 0.392 e. The fourth-order valence-corrected chi connectivity index (χ4v) is 8.30. The third-order valence-corrected chi connectivity index (χ3v) is 11.6. The van der Waals surface area contributed by atoms with E-state index in [-0.39, 0.29) is 30.5 Å². The summed E-state index contributed by atoms with van der Waals surface area (Å²) in [6.45, 7) is 4.33. The number of carbonyl (C=O) groups is 2. The number of aliphatic hydroxyl groups is 1. The van der Waals surface area contributed by atoms with Gasteiger partial charge in [-0.05, 0) is 121 Å². The Labute approximate surface area is 284 Å². The molecule has 4 fully saturated rings. The molecule has 0 amide bonds. The third-order valence-electron chi connectivity index (χ3n) is 11.6. The number of benzene rings is 4. The van der Waals surface area contributed by atoms with Gasteiger partial charge in [0, 0.05) is 48.6 Å². The second kappa shape index (κ2) is 13.8. The van der Waals surface area contributed by atoms with Gasteiger partial charge in [0.25, 0.3) is 0 Å². The number of aliphatic hydroxyl groups excluding tert-OH is 1. The number of likely N-dealkylation sites (tertiary alicyclic amines) is 2. The monoisotopic (exact) mass is 644 g/mol. The summed E-state index contributed by atoms with van der Waals surface area (Å²) in [6.07, 6.45) is 10.2. The number of carbonyl (C=O) groups excluding carboxylic acids is 2. The van der Waals surface area contributed by atoms with Crippen LogP contribution in [0.3, 0.4) is 0 Å². The number of ether oxygens (including phenoxy) is 1. The summed E-state index contributed by atoms with van der Waals surface area (Å²) in [5.74, 6) is 1.30. The molecule has 2 saturated heterocycles. The Bertz CT molecular complexity index is 1810. The Hall–Kier alpha value is -3.42. The summed E-state index contributed by atoms with van der Waals surface area (Å²) in [5.41, 5.74) is 3.62. The Morgan fingerprint density at radius 1 is 0.667 bits per heavy atom. The second-order valence-corrected chi connectivity index (χ2v) is 15.0. The van der Waals surface area contributed by atoms with E-state index in [0.29, 0.717) is 24.3 Å². The van der Waals surface area contributed by atoms with Crippen LogP contribution >= 0.6 is 0 Å². The Kier molecular flexibility index (Phi) is 9.17. The molecule has 250 valence electrons. The normalized spacial score (nSPS) is 24.1. The smallest absolute Gasteiger partial charge is 0.167 e. The Balaban J connectivity index is 0.901. The first-order valence-corrected chi connectivity index (χ1v) is 18.3. The van der Waals surface area contributed by atoms with Crippen LogP contribution in [-0.4, -0.2) is 64.9 Å². The molecule has 3 atom stereocenters. The molecule has 4 aromatic carbocycles. The molecule has 48 heavy (non-hydrogen) atoms. The van der Waals surface area contributed by atoms with Gasteiger partial charge in [-0.25, -0.2) is 0 Å². The molecule has 0 radical (unpaired) electrons. The minimum Gasteiger partial charge on any atom is -0.392 e. The summed E-state index contributed by atoms with van der Waals surface area (Å²) in [7, 11) is 0. The molecule has 1 N–H and O–H groups in total.